The molecule has 0 bridgehead atoms. The molecule has 0 radical (unpaired) electrons. The topological polar surface area (TPSA) is 80.5 Å². The number of amides is 1. The van der Waals surface area contributed by atoms with E-state index < -0.39 is 10.0 Å². The second-order valence-electron chi connectivity index (χ2n) is 8.42. The molecule has 170 valence electrons. The molecule has 0 aliphatic carbocycles. The number of nitrogens with zero attached hydrogens (tertiary/aromatic N) is 1. The molecule has 5 nitrogen and oxygen atoms in total. The van der Waals surface area contributed by atoms with E-state index in [9.17, 15) is 13.2 Å². The van der Waals surface area contributed by atoms with Crippen LogP contribution in [0.4, 0.5) is 5.69 Å². The summed E-state index contributed by atoms with van der Waals surface area (Å²) in [6.07, 6.45) is 1.69. The number of carbonyl (C=O) groups excluding carboxylic acids is 1. The van der Waals surface area contributed by atoms with Gasteiger partial charge in [0.05, 0.1) is 11.4 Å². The van der Waals surface area contributed by atoms with E-state index in [1.165, 1.54) is 6.07 Å². The van der Waals surface area contributed by atoms with Crippen molar-refractivity contribution in [2.24, 2.45) is 5.14 Å². The predicted octanol–water partition coefficient (Wildman–Crippen LogP) is 4.95. The number of fused-ring (bicyclic) bond motifs is 2. The molecule has 0 aromatic heterocycles. The summed E-state index contributed by atoms with van der Waals surface area (Å²) in [4.78, 5) is 15.6. The first-order valence-corrected chi connectivity index (χ1v) is 12.7. The summed E-state index contributed by atoms with van der Waals surface area (Å²) in [6, 6.07) is 30.1. The van der Waals surface area contributed by atoms with E-state index in [0.29, 0.717) is 12.1 Å². The van der Waals surface area contributed by atoms with Crippen molar-refractivity contribution in [1.82, 2.24) is 0 Å². The fourth-order valence-corrected chi connectivity index (χ4v) is 5.30. The minimum Gasteiger partial charge on any atom is -0.304 e. The van der Waals surface area contributed by atoms with Gasteiger partial charge in [-0.15, -0.1) is 0 Å². The molecule has 1 aliphatic heterocycles. The Morgan fingerprint density at radius 3 is 2.03 bits per heavy atom. The van der Waals surface area contributed by atoms with Gasteiger partial charge in [-0.2, -0.15) is 0 Å². The lowest BCUT2D eigenvalue weighted by Crippen LogP contribution is -2.33. The van der Waals surface area contributed by atoms with Gasteiger partial charge in [-0.3, -0.25) is 4.79 Å². The van der Waals surface area contributed by atoms with Gasteiger partial charge in [0.2, 0.25) is 10.0 Å². The molecular formula is C28H24N2O3S. The number of carbonyl (C=O) groups is 1. The van der Waals surface area contributed by atoms with E-state index >= 15 is 0 Å². The molecule has 0 atom stereocenters. The number of hydrogen-bond donors (Lipinski definition) is 1. The quantitative estimate of drug-likeness (QED) is 0.460. The molecule has 5 rings (SSSR count). The Balaban J connectivity index is 1.51. The largest absolute Gasteiger partial charge is 0.304 e. The molecule has 0 spiro atoms. The second-order valence-corrected chi connectivity index (χ2v) is 9.95. The highest BCUT2D eigenvalue weighted by molar-refractivity contribution is 7.89. The smallest absolute Gasteiger partial charge is 0.258 e. The van der Waals surface area contributed by atoms with Crippen LogP contribution in [-0.4, -0.2) is 14.3 Å². The third-order valence-electron chi connectivity index (χ3n) is 6.24. The number of benzene rings is 4. The third-order valence-corrected chi connectivity index (χ3v) is 7.21. The third kappa shape index (κ3) is 4.25. The predicted molar refractivity (Wildman–Crippen MR) is 134 cm³/mol. The van der Waals surface area contributed by atoms with Gasteiger partial charge >= 0.3 is 0 Å². The van der Waals surface area contributed by atoms with Crippen LogP contribution in [0.3, 0.4) is 0 Å². The maximum Gasteiger partial charge on any atom is 0.258 e. The Morgan fingerprint density at radius 1 is 0.706 bits per heavy atom. The van der Waals surface area contributed by atoms with Crippen molar-refractivity contribution in [3.8, 4) is 11.1 Å². The van der Waals surface area contributed by atoms with Crippen LogP contribution in [0.15, 0.2) is 102 Å². The van der Waals surface area contributed by atoms with Gasteiger partial charge in [0, 0.05) is 16.8 Å². The van der Waals surface area contributed by atoms with Crippen LogP contribution in [-0.2, 0) is 29.4 Å². The summed E-state index contributed by atoms with van der Waals surface area (Å²) in [6.45, 7) is 0.404. The summed E-state index contributed by atoms with van der Waals surface area (Å²) in [5.74, 6) is -0.0219. The molecule has 6 heteroatoms. The van der Waals surface area contributed by atoms with Gasteiger partial charge < -0.3 is 4.90 Å². The number of rotatable bonds is 4. The Kier molecular flexibility index (Phi) is 5.77. The van der Waals surface area contributed by atoms with Crippen LogP contribution in [0.1, 0.15) is 27.0 Å². The summed E-state index contributed by atoms with van der Waals surface area (Å²) in [7, 11) is -3.84. The van der Waals surface area contributed by atoms with E-state index in [2.05, 4.69) is 6.07 Å². The van der Waals surface area contributed by atoms with Crippen LogP contribution in [0.2, 0.25) is 0 Å². The van der Waals surface area contributed by atoms with Crippen molar-refractivity contribution in [2.75, 3.05) is 4.90 Å². The molecule has 1 aliphatic rings. The van der Waals surface area contributed by atoms with E-state index in [0.717, 1.165) is 46.3 Å². The highest BCUT2D eigenvalue weighted by Crippen LogP contribution is 2.31. The molecule has 34 heavy (non-hydrogen) atoms. The zero-order valence-corrected chi connectivity index (χ0v) is 19.3. The monoisotopic (exact) mass is 468 g/mol. The van der Waals surface area contributed by atoms with Crippen molar-refractivity contribution in [1.29, 1.82) is 0 Å². The number of para-hydroxylation sites is 1. The van der Waals surface area contributed by atoms with E-state index in [1.54, 1.807) is 18.2 Å². The van der Waals surface area contributed by atoms with Gasteiger partial charge in [0.1, 0.15) is 0 Å². The van der Waals surface area contributed by atoms with Gasteiger partial charge in [-0.25, -0.2) is 13.6 Å². The molecule has 0 saturated heterocycles. The van der Waals surface area contributed by atoms with Gasteiger partial charge in [-0.1, -0.05) is 78.9 Å². The van der Waals surface area contributed by atoms with Crippen LogP contribution in [0, 0.1) is 0 Å². The molecule has 1 amide bonds. The van der Waals surface area contributed by atoms with Crippen molar-refractivity contribution in [2.45, 2.75) is 24.3 Å². The normalized spacial score (nSPS) is 13.6. The Morgan fingerprint density at radius 2 is 1.29 bits per heavy atom. The van der Waals surface area contributed by atoms with Crippen molar-refractivity contribution in [3.63, 3.8) is 0 Å². The fourth-order valence-electron chi connectivity index (χ4n) is 4.54. The van der Waals surface area contributed by atoms with E-state index in [-0.39, 0.29) is 10.8 Å². The average molecular weight is 469 g/mol. The molecular weight excluding hydrogens is 444 g/mol. The Bertz CT molecular complexity index is 1480. The Labute approximate surface area is 199 Å². The molecule has 2 N–H and O–H groups in total. The highest BCUT2D eigenvalue weighted by atomic mass is 32.2. The summed E-state index contributed by atoms with van der Waals surface area (Å²) in [5.41, 5.74) is 6.10. The first kappa shape index (κ1) is 22.1. The first-order chi connectivity index (χ1) is 16.4. The SMILES string of the molecule is NS(=O)(=O)c1ccccc1-c1ccc(CN2C(=O)c3ccccc3CCc3ccccc32)cc1. The van der Waals surface area contributed by atoms with E-state index in [4.69, 9.17) is 5.14 Å². The number of sulfonamides is 1. The van der Waals surface area contributed by atoms with Crippen LogP contribution in [0.5, 0.6) is 0 Å². The van der Waals surface area contributed by atoms with Gasteiger partial charge in [0.25, 0.3) is 5.91 Å². The fraction of sp³-hybridized carbons (Fsp3) is 0.107. The first-order valence-electron chi connectivity index (χ1n) is 11.1. The summed E-state index contributed by atoms with van der Waals surface area (Å²) < 4.78 is 24.0. The zero-order valence-electron chi connectivity index (χ0n) is 18.5. The molecule has 4 aromatic carbocycles. The second kappa shape index (κ2) is 8.89. The van der Waals surface area contributed by atoms with Crippen LogP contribution >= 0.6 is 0 Å². The maximum atomic E-state index is 13.6. The molecule has 0 fully saturated rings. The molecule has 4 aromatic rings. The highest BCUT2D eigenvalue weighted by Gasteiger charge is 2.25. The minimum atomic E-state index is -3.84. The van der Waals surface area contributed by atoms with Crippen molar-refractivity contribution < 1.29 is 13.2 Å². The zero-order chi connectivity index (χ0) is 23.7. The van der Waals surface area contributed by atoms with E-state index in [1.807, 2.05) is 71.6 Å². The Hall–Kier alpha value is -3.74. The van der Waals surface area contributed by atoms with Gasteiger partial charge in [0.15, 0.2) is 0 Å². The lowest BCUT2D eigenvalue weighted by atomic mass is 9.94. The number of anilines is 1. The molecule has 0 saturated carbocycles. The lowest BCUT2D eigenvalue weighted by Gasteiger charge is -2.28. The van der Waals surface area contributed by atoms with Crippen LogP contribution in [0.25, 0.3) is 11.1 Å². The average Bonchev–Trinajstić information content (AvgIpc) is 2.85. The summed E-state index contributed by atoms with van der Waals surface area (Å²) >= 11 is 0. The number of aryl methyl sites for hydroxylation is 2. The minimum absolute atomic E-state index is 0.0219. The van der Waals surface area contributed by atoms with Crippen molar-refractivity contribution in [3.05, 3.63) is 119 Å². The maximum absolute atomic E-state index is 13.6. The van der Waals surface area contributed by atoms with Crippen molar-refractivity contribution >= 4 is 21.6 Å². The molecule has 0 unspecified atom stereocenters. The van der Waals surface area contributed by atoms with Gasteiger partial charge in [-0.05, 0) is 53.3 Å². The van der Waals surface area contributed by atoms with Crippen LogP contribution < -0.4 is 10.0 Å². The molecule has 1 heterocycles. The standard InChI is InChI=1S/C28H24N2O3S/c29-34(32,33)27-12-6-4-9-24(27)22-15-13-20(14-16-22)19-30-26-11-5-2-8-23(26)18-17-21-7-1-3-10-25(21)28(30)31/h1-16H,17-19H2,(H2,29,32,33). The number of hydrogen-bond acceptors (Lipinski definition) is 3. The summed E-state index contributed by atoms with van der Waals surface area (Å²) in [5, 5.41) is 5.40. The number of nitrogens with two attached hydrogens (primary N) is 1. The lowest BCUT2D eigenvalue weighted by molar-refractivity contribution is 0.0983. The number of primary sulfonamides is 1.